The van der Waals surface area contributed by atoms with Crippen molar-refractivity contribution in [3.63, 3.8) is 0 Å². The molecule has 0 aliphatic carbocycles. The molecular formula is C9H16ClNO2S. The van der Waals surface area contributed by atoms with Crippen LogP contribution in [0.25, 0.3) is 0 Å². The summed E-state index contributed by atoms with van der Waals surface area (Å²) in [4.78, 5) is 2.35. The molecule has 1 atom stereocenters. The Morgan fingerprint density at radius 1 is 1.57 bits per heavy atom. The molecule has 0 radical (unpaired) electrons. The van der Waals surface area contributed by atoms with E-state index in [0.29, 0.717) is 5.92 Å². The van der Waals surface area contributed by atoms with E-state index in [1.54, 1.807) is 6.08 Å². The highest BCUT2D eigenvalue weighted by atomic mass is 35.7. The van der Waals surface area contributed by atoms with Crippen molar-refractivity contribution in [1.29, 1.82) is 0 Å². The van der Waals surface area contributed by atoms with Gasteiger partial charge in [0.15, 0.2) is 0 Å². The van der Waals surface area contributed by atoms with Gasteiger partial charge in [-0.05, 0) is 25.4 Å². The van der Waals surface area contributed by atoms with Crippen LogP contribution >= 0.6 is 10.7 Å². The topological polar surface area (TPSA) is 37.4 Å². The Balaban J connectivity index is 2.32. The van der Waals surface area contributed by atoms with Crippen molar-refractivity contribution in [2.75, 3.05) is 25.4 Å². The smallest absolute Gasteiger partial charge is 0.236 e. The summed E-state index contributed by atoms with van der Waals surface area (Å²) in [6, 6.07) is 0. The molecule has 5 heteroatoms. The highest BCUT2D eigenvalue weighted by molar-refractivity contribution is 8.13. The molecule has 1 heterocycles. The van der Waals surface area contributed by atoms with E-state index in [-0.39, 0.29) is 5.75 Å². The fraction of sp³-hybridized carbons (Fsp3) is 0.778. The molecule has 1 aliphatic heterocycles. The summed E-state index contributed by atoms with van der Waals surface area (Å²) >= 11 is 0. The van der Waals surface area contributed by atoms with Gasteiger partial charge in [0.05, 0.1) is 5.75 Å². The summed E-state index contributed by atoms with van der Waals surface area (Å²) in [5.41, 5.74) is 0. The number of likely N-dealkylation sites (tertiary alicyclic amines) is 1. The van der Waals surface area contributed by atoms with E-state index in [0.717, 1.165) is 26.1 Å². The van der Waals surface area contributed by atoms with Crippen LogP contribution in [0.5, 0.6) is 0 Å². The summed E-state index contributed by atoms with van der Waals surface area (Å²) in [5.74, 6) is 0.436. The molecule has 1 fully saturated rings. The summed E-state index contributed by atoms with van der Waals surface area (Å²) < 4.78 is 21.3. The van der Waals surface area contributed by atoms with Crippen molar-refractivity contribution in [1.82, 2.24) is 4.90 Å². The molecule has 1 aliphatic rings. The fourth-order valence-electron chi connectivity index (χ4n) is 1.67. The van der Waals surface area contributed by atoms with Gasteiger partial charge in [0.25, 0.3) is 0 Å². The third-order valence-corrected chi connectivity index (χ3v) is 3.43. The van der Waals surface area contributed by atoms with Gasteiger partial charge in [-0.25, -0.2) is 8.42 Å². The Kier molecular flexibility index (Phi) is 4.41. The molecule has 0 aromatic heterocycles. The van der Waals surface area contributed by atoms with E-state index in [1.807, 2.05) is 6.08 Å². The zero-order chi connectivity index (χ0) is 10.6. The number of nitrogens with zero attached hydrogens (tertiary/aromatic N) is 1. The molecule has 0 bridgehead atoms. The maximum absolute atomic E-state index is 10.6. The van der Waals surface area contributed by atoms with Crippen molar-refractivity contribution in [3.05, 3.63) is 12.2 Å². The first kappa shape index (κ1) is 12.0. The fourth-order valence-corrected chi connectivity index (χ4v) is 2.23. The zero-order valence-corrected chi connectivity index (χ0v) is 9.89. The first-order chi connectivity index (χ1) is 6.51. The first-order valence-corrected chi connectivity index (χ1v) is 7.30. The standard InChI is InChI=1S/C9H16ClNO2S/c1-2-11-6-5-9(8-11)4-3-7-14(10,12)13/h3-4,9H,2,5-8H2,1H3/b4-3-. The molecule has 0 aromatic rings. The zero-order valence-electron chi connectivity index (χ0n) is 8.32. The van der Waals surface area contributed by atoms with Gasteiger partial charge in [-0.3, -0.25) is 0 Å². The molecular weight excluding hydrogens is 222 g/mol. The van der Waals surface area contributed by atoms with Crippen LogP contribution in [0, 0.1) is 5.92 Å². The van der Waals surface area contributed by atoms with Crippen LogP contribution in [0.2, 0.25) is 0 Å². The van der Waals surface area contributed by atoms with E-state index in [2.05, 4.69) is 11.8 Å². The molecule has 1 rings (SSSR count). The molecule has 0 aromatic carbocycles. The van der Waals surface area contributed by atoms with Crippen LogP contribution in [-0.4, -0.2) is 38.7 Å². The van der Waals surface area contributed by atoms with Crippen molar-refractivity contribution in [2.24, 2.45) is 5.92 Å². The molecule has 0 amide bonds. The van der Waals surface area contributed by atoms with Crippen molar-refractivity contribution < 1.29 is 8.42 Å². The second-order valence-corrected chi connectivity index (χ2v) is 6.40. The maximum Gasteiger partial charge on any atom is 0.236 e. The molecule has 3 nitrogen and oxygen atoms in total. The molecule has 1 unspecified atom stereocenters. The van der Waals surface area contributed by atoms with Gasteiger partial charge < -0.3 is 4.90 Å². The number of hydrogen-bond donors (Lipinski definition) is 0. The van der Waals surface area contributed by atoms with Crippen LogP contribution in [0.15, 0.2) is 12.2 Å². The second kappa shape index (κ2) is 5.14. The van der Waals surface area contributed by atoms with Crippen LogP contribution in [0.1, 0.15) is 13.3 Å². The van der Waals surface area contributed by atoms with Gasteiger partial charge in [-0.1, -0.05) is 19.1 Å². The average Bonchev–Trinajstić information content (AvgIpc) is 2.50. The van der Waals surface area contributed by atoms with E-state index in [1.165, 1.54) is 0 Å². The lowest BCUT2D eigenvalue weighted by atomic mass is 10.1. The Hall–Kier alpha value is -0.0600. The van der Waals surface area contributed by atoms with Crippen molar-refractivity contribution in [2.45, 2.75) is 13.3 Å². The first-order valence-electron chi connectivity index (χ1n) is 4.82. The van der Waals surface area contributed by atoms with Gasteiger partial charge in [-0.2, -0.15) is 0 Å². The monoisotopic (exact) mass is 237 g/mol. The van der Waals surface area contributed by atoms with Crippen molar-refractivity contribution >= 4 is 19.7 Å². The van der Waals surface area contributed by atoms with Crippen LogP contribution < -0.4 is 0 Å². The van der Waals surface area contributed by atoms with Gasteiger partial charge in [-0.15, -0.1) is 0 Å². The summed E-state index contributed by atoms with van der Waals surface area (Å²) in [6.07, 6.45) is 4.74. The second-order valence-electron chi connectivity index (χ2n) is 3.58. The minimum Gasteiger partial charge on any atom is -0.303 e. The van der Waals surface area contributed by atoms with Gasteiger partial charge >= 0.3 is 0 Å². The lowest BCUT2D eigenvalue weighted by molar-refractivity contribution is 0.351. The molecule has 0 saturated carbocycles. The van der Waals surface area contributed by atoms with Crippen LogP contribution in [0.3, 0.4) is 0 Å². The minimum atomic E-state index is -3.36. The molecule has 1 saturated heterocycles. The maximum atomic E-state index is 10.6. The molecule has 0 spiro atoms. The predicted octanol–water partition coefficient (Wildman–Crippen LogP) is 1.45. The van der Waals surface area contributed by atoms with Crippen molar-refractivity contribution in [3.8, 4) is 0 Å². The van der Waals surface area contributed by atoms with E-state index in [4.69, 9.17) is 10.7 Å². The Labute approximate surface area is 90.2 Å². The lowest BCUT2D eigenvalue weighted by Gasteiger charge is -2.10. The lowest BCUT2D eigenvalue weighted by Crippen LogP contribution is -2.19. The molecule has 0 N–H and O–H groups in total. The van der Waals surface area contributed by atoms with E-state index >= 15 is 0 Å². The number of hydrogen-bond acceptors (Lipinski definition) is 3. The predicted molar refractivity (Wildman–Crippen MR) is 59.0 cm³/mol. The Morgan fingerprint density at radius 2 is 2.29 bits per heavy atom. The average molecular weight is 238 g/mol. The highest BCUT2D eigenvalue weighted by Gasteiger charge is 2.18. The van der Waals surface area contributed by atoms with Gasteiger partial charge in [0.1, 0.15) is 0 Å². The third kappa shape index (κ3) is 4.44. The summed E-state index contributed by atoms with van der Waals surface area (Å²) in [7, 11) is 1.72. The van der Waals surface area contributed by atoms with Crippen LogP contribution in [-0.2, 0) is 9.05 Å². The number of halogens is 1. The largest absolute Gasteiger partial charge is 0.303 e. The molecule has 14 heavy (non-hydrogen) atoms. The van der Waals surface area contributed by atoms with Crippen LogP contribution in [0.4, 0.5) is 0 Å². The number of rotatable bonds is 4. The van der Waals surface area contributed by atoms with E-state index in [9.17, 15) is 8.42 Å². The summed E-state index contributed by atoms with van der Waals surface area (Å²) in [6.45, 7) is 5.35. The summed E-state index contributed by atoms with van der Waals surface area (Å²) in [5, 5.41) is 0. The van der Waals surface area contributed by atoms with E-state index < -0.39 is 9.05 Å². The normalized spacial score (nSPS) is 24.9. The Bertz CT molecular complexity index is 300. The molecule has 82 valence electrons. The Morgan fingerprint density at radius 3 is 2.79 bits per heavy atom. The SMILES string of the molecule is CCN1CCC(/C=C\CS(=O)(=O)Cl)C1. The minimum absolute atomic E-state index is 0.0584. The third-order valence-electron chi connectivity index (χ3n) is 2.46. The van der Waals surface area contributed by atoms with Gasteiger partial charge in [0, 0.05) is 17.2 Å². The quantitative estimate of drug-likeness (QED) is 0.549. The highest BCUT2D eigenvalue weighted by Crippen LogP contribution is 2.16. The van der Waals surface area contributed by atoms with Gasteiger partial charge in [0.2, 0.25) is 9.05 Å².